The topological polar surface area (TPSA) is 66.4 Å². The summed E-state index contributed by atoms with van der Waals surface area (Å²) >= 11 is 0. The lowest BCUT2D eigenvalue weighted by Gasteiger charge is -2.35. The van der Waals surface area contributed by atoms with Gasteiger partial charge >= 0.3 is 0 Å². The van der Waals surface area contributed by atoms with Crippen molar-refractivity contribution >= 4 is 11.9 Å². The zero-order valence-corrected chi connectivity index (χ0v) is 15.6. The highest BCUT2D eigenvalue weighted by Gasteiger charge is 2.46. The van der Waals surface area contributed by atoms with Gasteiger partial charge < -0.3 is 14.4 Å². The van der Waals surface area contributed by atoms with E-state index in [1.54, 1.807) is 11.0 Å². The summed E-state index contributed by atoms with van der Waals surface area (Å²) in [7, 11) is 6.72. The van der Waals surface area contributed by atoms with Crippen molar-refractivity contribution in [3.05, 3.63) is 23.5 Å². The number of methoxy groups -OCH3 is 2. The van der Waals surface area contributed by atoms with Crippen LogP contribution in [-0.2, 0) is 11.3 Å². The van der Waals surface area contributed by atoms with Gasteiger partial charge in [-0.25, -0.2) is 9.38 Å². The Morgan fingerprint density at radius 1 is 1.23 bits per heavy atom. The number of likely N-dealkylation sites (tertiary alicyclic amines) is 1. The van der Waals surface area contributed by atoms with Crippen molar-refractivity contribution in [2.45, 2.75) is 24.9 Å². The van der Waals surface area contributed by atoms with Crippen molar-refractivity contribution in [3.8, 4) is 11.5 Å². The Kier molecular flexibility index (Phi) is 5.04. The number of piperidine rings is 1. The largest absolute Gasteiger partial charge is 0.493 e. The number of hydrogen-bond donors (Lipinski definition) is 1. The number of nitrogens with zero attached hydrogens (tertiary/aromatic N) is 3. The maximum Gasteiger partial charge on any atom is 0.254 e. The average molecular weight is 364 g/mol. The molecule has 3 rings (SSSR count). The van der Waals surface area contributed by atoms with Crippen LogP contribution < -0.4 is 14.8 Å². The minimum Gasteiger partial charge on any atom is -0.493 e. The Labute approximate surface area is 152 Å². The minimum atomic E-state index is -0.688. The third kappa shape index (κ3) is 3.33. The third-order valence-corrected chi connectivity index (χ3v) is 5.02. The van der Waals surface area contributed by atoms with Crippen molar-refractivity contribution in [1.29, 1.82) is 0 Å². The summed E-state index contributed by atoms with van der Waals surface area (Å²) in [6.45, 7) is 1.80. The molecule has 1 fully saturated rings. The number of benzene rings is 1. The van der Waals surface area contributed by atoms with E-state index in [0.717, 1.165) is 0 Å². The van der Waals surface area contributed by atoms with E-state index in [9.17, 15) is 9.18 Å². The second-order valence-corrected chi connectivity index (χ2v) is 6.89. The molecule has 2 heterocycles. The molecule has 1 amide bonds. The zero-order chi connectivity index (χ0) is 18.9. The molecule has 1 saturated heterocycles. The quantitative estimate of drug-likeness (QED) is 0.870. The number of carbonyl (C=O) groups excluding carboxylic acids is 1. The summed E-state index contributed by atoms with van der Waals surface area (Å²) in [5.41, 5.74) is -0.140. The molecule has 142 valence electrons. The standard InChI is InChI=1S/C18H25FN4O3/c1-22(2)17-20-16(24)18(21-17)5-7-23(8-6-18)11-12-9-14(25-3)15(26-4)10-13(12)19/h9-10H,5-8,11H2,1-4H3,(H,20,21,24). The number of halogens is 1. The van der Waals surface area contributed by atoms with E-state index in [4.69, 9.17) is 9.47 Å². The van der Waals surface area contributed by atoms with Crippen LogP contribution in [0.25, 0.3) is 0 Å². The number of amides is 1. The molecule has 7 nitrogen and oxygen atoms in total. The Hall–Kier alpha value is -2.35. The number of ether oxygens (including phenoxy) is 2. The molecular formula is C18H25FN4O3. The number of aliphatic imine (C=N–C) groups is 1. The summed E-state index contributed by atoms with van der Waals surface area (Å²) in [5.74, 6) is 1.12. The molecule has 1 N–H and O–H groups in total. The molecule has 0 saturated carbocycles. The van der Waals surface area contributed by atoms with Gasteiger partial charge in [-0.3, -0.25) is 15.0 Å². The Bertz CT molecular complexity index is 727. The second kappa shape index (κ2) is 7.11. The average Bonchev–Trinajstić information content (AvgIpc) is 2.95. The predicted molar refractivity (Wildman–Crippen MR) is 96.0 cm³/mol. The van der Waals surface area contributed by atoms with Gasteiger partial charge in [-0.1, -0.05) is 0 Å². The van der Waals surface area contributed by atoms with Crippen LogP contribution >= 0.6 is 0 Å². The Balaban J connectivity index is 1.69. The predicted octanol–water partition coefficient (Wildman–Crippen LogP) is 1.22. The van der Waals surface area contributed by atoms with Crippen molar-refractivity contribution in [2.75, 3.05) is 41.4 Å². The summed E-state index contributed by atoms with van der Waals surface area (Å²) in [4.78, 5) is 20.9. The van der Waals surface area contributed by atoms with Crippen molar-refractivity contribution in [1.82, 2.24) is 15.1 Å². The SMILES string of the molecule is COc1cc(F)c(CN2CCC3(CC2)N=C(N(C)C)NC3=O)cc1OC. The van der Waals surface area contributed by atoms with Gasteiger partial charge in [0.25, 0.3) is 5.91 Å². The highest BCUT2D eigenvalue weighted by atomic mass is 19.1. The molecule has 0 unspecified atom stereocenters. The molecule has 26 heavy (non-hydrogen) atoms. The molecule has 0 bridgehead atoms. The summed E-state index contributed by atoms with van der Waals surface area (Å²) in [6.07, 6.45) is 1.23. The van der Waals surface area contributed by atoms with Crippen LogP contribution in [0.4, 0.5) is 4.39 Å². The maximum absolute atomic E-state index is 14.4. The van der Waals surface area contributed by atoms with E-state index in [0.29, 0.717) is 55.5 Å². The molecule has 2 aliphatic heterocycles. The van der Waals surface area contributed by atoms with Crippen LogP contribution in [0.5, 0.6) is 11.5 Å². The fraction of sp³-hybridized carbons (Fsp3) is 0.556. The Morgan fingerprint density at radius 2 is 1.85 bits per heavy atom. The van der Waals surface area contributed by atoms with Gasteiger partial charge in [0.2, 0.25) is 5.96 Å². The lowest BCUT2D eigenvalue weighted by atomic mass is 9.88. The lowest BCUT2D eigenvalue weighted by Crippen LogP contribution is -2.49. The molecular weight excluding hydrogens is 339 g/mol. The van der Waals surface area contributed by atoms with Gasteiger partial charge in [0.05, 0.1) is 14.2 Å². The molecule has 0 atom stereocenters. The van der Waals surface area contributed by atoms with Crippen LogP contribution in [0, 0.1) is 5.82 Å². The molecule has 2 aliphatic rings. The Morgan fingerprint density at radius 3 is 2.38 bits per heavy atom. The summed E-state index contributed by atoms with van der Waals surface area (Å²) in [6, 6.07) is 3.01. The zero-order valence-electron chi connectivity index (χ0n) is 15.6. The third-order valence-electron chi connectivity index (χ3n) is 5.02. The number of rotatable bonds is 4. The number of carbonyl (C=O) groups is 1. The molecule has 0 aliphatic carbocycles. The molecule has 1 spiro atoms. The van der Waals surface area contributed by atoms with E-state index in [1.807, 2.05) is 14.1 Å². The molecule has 1 aromatic carbocycles. The van der Waals surface area contributed by atoms with Gasteiger partial charge in [0, 0.05) is 45.4 Å². The maximum atomic E-state index is 14.4. The summed E-state index contributed by atoms with van der Waals surface area (Å²) in [5, 5.41) is 2.84. The van der Waals surface area contributed by atoms with E-state index < -0.39 is 5.54 Å². The normalized spacial score (nSPS) is 19.3. The second-order valence-electron chi connectivity index (χ2n) is 6.89. The first kappa shape index (κ1) is 18.4. The van der Waals surface area contributed by atoms with Crippen LogP contribution in [0.15, 0.2) is 17.1 Å². The number of hydrogen-bond acceptors (Lipinski definition) is 6. The van der Waals surface area contributed by atoms with E-state index in [2.05, 4.69) is 15.2 Å². The molecule has 0 aromatic heterocycles. The van der Waals surface area contributed by atoms with Gasteiger partial charge in [-0.05, 0) is 18.9 Å². The molecule has 0 radical (unpaired) electrons. The highest BCUT2D eigenvalue weighted by Crippen LogP contribution is 2.33. The summed E-state index contributed by atoms with van der Waals surface area (Å²) < 4.78 is 24.7. The van der Waals surface area contributed by atoms with Crippen LogP contribution in [0.2, 0.25) is 0 Å². The van der Waals surface area contributed by atoms with Gasteiger partial charge in [-0.15, -0.1) is 0 Å². The van der Waals surface area contributed by atoms with E-state index >= 15 is 0 Å². The van der Waals surface area contributed by atoms with Crippen molar-refractivity contribution in [3.63, 3.8) is 0 Å². The van der Waals surface area contributed by atoms with Crippen LogP contribution in [0.1, 0.15) is 18.4 Å². The van der Waals surface area contributed by atoms with Crippen LogP contribution in [-0.4, -0.2) is 68.6 Å². The monoisotopic (exact) mass is 364 g/mol. The van der Waals surface area contributed by atoms with Gasteiger partial charge in [0.1, 0.15) is 11.4 Å². The van der Waals surface area contributed by atoms with Crippen LogP contribution in [0.3, 0.4) is 0 Å². The lowest BCUT2D eigenvalue weighted by molar-refractivity contribution is -0.125. The fourth-order valence-corrected chi connectivity index (χ4v) is 3.39. The smallest absolute Gasteiger partial charge is 0.254 e. The van der Waals surface area contributed by atoms with E-state index in [-0.39, 0.29) is 11.7 Å². The fourth-order valence-electron chi connectivity index (χ4n) is 3.39. The van der Waals surface area contributed by atoms with E-state index in [1.165, 1.54) is 20.3 Å². The number of guanidine groups is 1. The highest BCUT2D eigenvalue weighted by molar-refractivity contribution is 6.07. The number of nitrogens with one attached hydrogen (secondary N) is 1. The minimum absolute atomic E-state index is 0.0434. The van der Waals surface area contributed by atoms with Gasteiger partial charge in [-0.2, -0.15) is 0 Å². The van der Waals surface area contributed by atoms with Crippen molar-refractivity contribution < 1.29 is 18.7 Å². The molecule has 8 heteroatoms. The first-order valence-electron chi connectivity index (χ1n) is 8.60. The van der Waals surface area contributed by atoms with Crippen molar-refractivity contribution in [2.24, 2.45) is 4.99 Å². The first-order valence-corrected chi connectivity index (χ1v) is 8.60. The first-order chi connectivity index (χ1) is 12.4. The molecule has 1 aromatic rings. The van der Waals surface area contributed by atoms with Gasteiger partial charge in [0.15, 0.2) is 11.5 Å².